The highest BCUT2D eigenvalue weighted by Crippen LogP contribution is 2.26. The maximum Gasteiger partial charge on any atom is 0.213 e. The lowest BCUT2D eigenvalue weighted by Gasteiger charge is -2.02. The molecule has 0 atom stereocenters. The van der Waals surface area contributed by atoms with Crippen molar-refractivity contribution in [3.8, 4) is 0 Å². The summed E-state index contributed by atoms with van der Waals surface area (Å²) in [5.74, 6) is 0.597. The zero-order chi connectivity index (χ0) is 8.27. The van der Waals surface area contributed by atoms with Crippen molar-refractivity contribution < 1.29 is 4.74 Å². The van der Waals surface area contributed by atoms with Gasteiger partial charge in [0.15, 0.2) is 0 Å². The Balaban J connectivity index is 2.46. The molecule has 1 aliphatic rings. The first kappa shape index (κ1) is 8.05. The molecule has 1 fully saturated rings. The Hall–Kier alpha value is -1.05. The average molecular weight is 151 g/mol. The second-order valence-electron chi connectivity index (χ2n) is 2.80. The Morgan fingerprint density at radius 1 is 1.64 bits per heavy atom. The highest BCUT2D eigenvalue weighted by atomic mass is 16.5. The van der Waals surface area contributed by atoms with Crippen LogP contribution in [-0.4, -0.2) is 12.8 Å². The van der Waals surface area contributed by atoms with Crippen LogP contribution in [0.4, 0.5) is 0 Å². The molecule has 0 bridgehead atoms. The maximum absolute atomic E-state index is 5.39. The third kappa shape index (κ3) is 3.03. The fourth-order valence-electron chi connectivity index (χ4n) is 0.684. The summed E-state index contributed by atoms with van der Waals surface area (Å²) in [4.78, 5) is 3.74. The summed E-state index contributed by atoms with van der Waals surface area (Å²) in [5, 5.41) is 0. The first-order valence-corrected chi connectivity index (χ1v) is 3.73. The van der Waals surface area contributed by atoms with Gasteiger partial charge in [-0.3, -0.25) is 0 Å². The number of aliphatic imine (C=N–C) groups is 1. The van der Waals surface area contributed by atoms with Gasteiger partial charge in [0, 0.05) is 6.08 Å². The van der Waals surface area contributed by atoms with Crippen LogP contribution < -0.4 is 0 Å². The lowest BCUT2D eigenvalue weighted by atomic mass is 10.3. The van der Waals surface area contributed by atoms with Crippen molar-refractivity contribution in [3.05, 3.63) is 24.1 Å². The molecule has 0 saturated heterocycles. The molecule has 0 amide bonds. The molecule has 1 aliphatic carbocycles. The zero-order valence-electron chi connectivity index (χ0n) is 6.84. The molecule has 0 heterocycles. The summed E-state index contributed by atoms with van der Waals surface area (Å²) in [6.07, 6.45) is 4.46. The summed E-state index contributed by atoms with van der Waals surface area (Å²) in [6, 6.07) is 0. The molecule has 0 radical (unpaired) electrons. The minimum absolute atomic E-state index is 0.381. The van der Waals surface area contributed by atoms with Crippen molar-refractivity contribution in [2.75, 3.05) is 0 Å². The predicted octanol–water partition coefficient (Wildman–Crippen LogP) is 2.28. The van der Waals surface area contributed by atoms with Gasteiger partial charge < -0.3 is 4.74 Å². The van der Waals surface area contributed by atoms with Gasteiger partial charge in [0.1, 0.15) is 6.10 Å². The van der Waals surface area contributed by atoms with E-state index >= 15 is 0 Å². The Kier molecular flexibility index (Phi) is 2.47. The van der Waals surface area contributed by atoms with Gasteiger partial charge in [0.25, 0.3) is 0 Å². The van der Waals surface area contributed by atoms with Gasteiger partial charge in [0.2, 0.25) is 5.88 Å². The number of hydrogen-bond donors (Lipinski definition) is 0. The van der Waals surface area contributed by atoms with Gasteiger partial charge in [-0.1, -0.05) is 12.2 Å². The molecule has 0 unspecified atom stereocenters. The third-order valence-corrected chi connectivity index (χ3v) is 1.34. The van der Waals surface area contributed by atoms with Crippen LogP contribution in [0.2, 0.25) is 0 Å². The molecule has 2 heteroatoms. The Morgan fingerprint density at radius 2 is 2.27 bits per heavy atom. The number of allylic oxidation sites excluding steroid dienone is 2. The topological polar surface area (TPSA) is 21.6 Å². The molecular formula is C9H13NO. The fourth-order valence-corrected chi connectivity index (χ4v) is 0.684. The van der Waals surface area contributed by atoms with E-state index in [-0.39, 0.29) is 0 Å². The van der Waals surface area contributed by atoms with Crippen molar-refractivity contribution in [2.24, 2.45) is 4.99 Å². The molecule has 0 aromatic heterocycles. The van der Waals surface area contributed by atoms with E-state index in [9.17, 15) is 0 Å². The second-order valence-corrected chi connectivity index (χ2v) is 2.80. The molecule has 1 rings (SSSR count). The smallest absolute Gasteiger partial charge is 0.213 e. The monoisotopic (exact) mass is 151 g/mol. The molecule has 0 N–H and O–H groups in total. The van der Waals surface area contributed by atoms with E-state index in [2.05, 4.69) is 18.3 Å². The van der Waals surface area contributed by atoms with Crippen molar-refractivity contribution in [3.63, 3.8) is 0 Å². The summed E-state index contributed by atoms with van der Waals surface area (Å²) >= 11 is 0. The van der Waals surface area contributed by atoms with E-state index < -0.39 is 0 Å². The molecule has 11 heavy (non-hydrogen) atoms. The molecule has 0 spiro atoms. The third-order valence-electron chi connectivity index (χ3n) is 1.34. The molecule has 60 valence electrons. The first-order valence-electron chi connectivity index (χ1n) is 3.73. The number of hydrogen-bond acceptors (Lipinski definition) is 2. The SMILES string of the molecule is C=N/C(=C\C(=C)C)OC1CC1. The van der Waals surface area contributed by atoms with Crippen LogP contribution in [0.5, 0.6) is 0 Å². The van der Waals surface area contributed by atoms with E-state index in [1.807, 2.05) is 6.92 Å². The van der Waals surface area contributed by atoms with Gasteiger partial charge >= 0.3 is 0 Å². The Labute approximate surface area is 67.3 Å². The minimum atomic E-state index is 0.381. The molecular weight excluding hydrogens is 138 g/mol. The highest BCUT2D eigenvalue weighted by molar-refractivity contribution is 5.29. The molecule has 2 nitrogen and oxygen atoms in total. The van der Waals surface area contributed by atoms with Gasteiger partial charge in [-0.25, -0.2) is 4.99 Å². The van der Waals surface area contributed by atoms with Crippen LogP contribution >= 0.6 is 0 Å². The van der Waals surface area contributed by atoms with Gasteiger partial charge in [-0.05, 0) is 26.5 Å². The summed E-state index contributed by atoms with van der Waals surface area (Å²) in [7, 11) is 0. The van der Waals surface area contributed by atoms with Crippen molar-refractivity contribution in [1.82, 2.24) is 0 Å². The van der Waals surface area contributed by atoms with Gasteiger partial charge in [-0.15, -0.1) is 0 Å². The zero-order valence-corrected chi connectivity index (χ0v) is 6.84. The predicted molar refractivity (Wildman–Crippen MR) is 46.6 cm³/mol. The average Bonchev–Trinajstić information content (AvgIpc) is 2.69. The second kappa shape index (κ2) is 3.37. The fraction of sp³-hybridized carbons (Fsp3) is 0.444. The van der Waals surface area contributed by atoms with Crippen molar-refractivity contribution >= 4 is 6.72 Å². The van der Waals surface area contributed by atoms with Crippen molar-refractivity contribution in [1.29, 1.82) is 0 Å². The van der Waals surface area contributed by atoms with Crippen LogP contribution in [0.3, 0.4) is 0 Å². The standard InChI is InChI=1S/C9H13NO/c1-7(2)6-9(10-3)11-8-4-5-8/h6,8H,1,3-5H2,2H3/b9-6+. The lowest BCUT2D eigenvalue weighted by Crippen LogP contribution is -1.91. The maximum atomic E-state index is 5.39. The van der Waals surface area contributed by atoms with Gasteiger partial charge in [-0.2, -0.15) is 0 Å². The normalized spacial score (nSPS) is 17.7. The molecule has 1 saturated carbocycles. The summed E-state index contributed by atoms with van der Waals surface area (Å²) < 4.78 is 5.39. The van der Waals surface area contributed by atoms with Crippen LogP contribution in [-0.2, 0) is 4.74 Å². The summed E-state index contributed by atoms with van der Waals surface area (Å²) in [5.41, 5.74) is 0.938. The summed E-state index contributed by atoms with van der Waals surface area (Å²) in [6.45, 7) is 9.04. The van der Waals surface area contributed by atoms with Crippen LogP contribution in [0, 0.1) is 0 Å². The van der Waals surface area contributed by atoms with E-state index in [1.54, 1.807) is 6.08 Å². The minimum Gasteiger partial charge on any atom is -0.474 e. The van der Waals surface area contributed by atoms with E-state index in [1.165, 1.54) is 0 Å². The molecule has 0 aromatic carbocycles. The molecule has 0 aliphatic heterocycles. The van der Waals surface area contributed by atoms with E-state index in [4.69, 9.17) is 4.74 Å². The number of ether oxygens (including phenoxy) is 1. The largest absolute Gasteiger partial charge is 0.474 e. The lowest BCUT2D eigenvalue weighted by molar-refractivity contribution is 0.195. The number of rotatable bonds is 4. The molecule has 0 aromatic rings. The van der Waals surface area contributed by atoms with Crippen LogP contribution in [0.1, 0.15) is 19.8 Å². The van der Waals surface area contributed by atoms with Crippen LogP contribution in [0.15, 0.2) is 29.1 Å². The van der Waals surface area contributed by atoms with Crippen molar-refractivity contribution in [2.45, 2.75) is 25.9 Å². The Bertz CT molecular complexity index is 202. The first-order chi connectivity index (χ1) is 5.22. The highest BCUT2D eigenvalue weighted by Gasteiger charge is 2.23. The number of nitrogens with zero attached hydrogens (tertiary/aromatic N) is 1. The van der Waals surface area contributed by atoms with Crippen LogP contribution in [0.25, 0.3) is 0 Å². The van der Waals surface area contributed by atoms with Gasteiger partial charge in [0.05, 0.1) is 0 Å². The Morgan fingerprint density at radius 3 is 2.64 bits per heavy atom. The van der Waals surface area contributed by atoms with E-state index in [0.29, 0.717) is 12.0 Å². The van der Waals surface area contributed by atoms with E-state index in [0.717, 1.165) is 18.4 Å². The quantitative estimate of drug-likeness (QED) is 0.343.